The van der Waals surface area contributed by atoms with Gasteiger partial charge < -0.3 is 20.5 Å². The largest absolute Gasteiger partial charge is 0.469 e. The number of esters is 1. The van der Waals surface area contributed by atoms with Crippen LogP contribution in [0.3, 0.4) is 0 Å². The van der Waals surface area contributed by atoms with Crippen molar-refractivity contribution in [2.45, 2.75) is 32.8 Å². The van der Waals surface area contributed by atoms with Crippen LogP contribution < -0.4 is 11.1 Å². The van der Waals surface area contributed by atoms with E-state index in [0.29, 0.717) is 11.6 Å². The summed E-state index contributed by atoms with van der Waals surface area (Å²) in [6.45, 7) is 5.77. The smallest absolute Gasteiger partial charge is 0.314 e. The van der Waals surface area contributed by atoms with Crippen LogP contribution in [0.5, 0.6) is 0 Å². The Balaban J connectivity index is 3.22. The number of halogens is 1. The molecular weight excluding hydrogens is 328 g/mol. The summed E-state index contributed by atoms with van der Waals surface area (Å²) in [4.78, 5) is 12.3. The molecule has 0 heterocycles. The van der Waals surface area contributed by atoms with E-state index in [-0.39, 0.29) is 12.6 Å². The average Bonchev–Trinajstić information content (AvgIpc) is 2.55. The number of carbonyl (C=O) groups is 1. The van der Waals surface area contributed by atoms with E-state index in [4.69, 9.17) is 26.8 Å². The van der Waals surface area contributed by atoms with Gasteiger partial charge in [-0.2, -0.15) is 0 Å². The number of nitrogens with one attached hydrogen (secondary N) is 1. The third kappa shape index (κ3) is 4.89. The second-order valence-corrected chi connectivity index (χ2v) is 6.50. The van der Waals surface area contributed by atoms with Crippen molar-refractivity contribution >= 4 is 17.6 Å². The molecule has 134 valence electrons. The Morgan fingerprint density at radius 1 is 1.46 bits per heavy atom. The zero-order valence-electron chi connectivity index (χ0n) is 15.0. The lowest BCUT2D eigenvalue weighted by atomic mass is 9.81. The highest BCUT2D eigenvalue weighted by molar-refractivity contribution is 6.17. The van der Waals surface area contributed by atoms with Gasteiger partial charge in [0.2, 0.25) is 0 Å². The lowest BCUT2D eigenvalue weighted by molar-refractivity contribution is -0.160. The fourth-order valence-electron chi connectivity index (χ4n) is 2.50. The SMILES string of the molecule is CN/C=C(\N)COC(c1ccc(C)c(CCl)c1)C(C)(C)C(=O)OC. The van der Waals surface area contributed by atoms with E-state index in [1.165, 1.54) is 7.11 Å². The normalized spacial score (nSPS) is 13.5. The summed E-state index contributed by atoms with van der Waals surface area (Å²) >= 11 is 6.01. The number of hydrogen-bond donors (Lipinski definition) is 2. The van der Waals surface area contributed by atoms with Crippen LogP contribution in [-0.2, 0) is 20.1 Å². The molecule has 0 saturated heterocycles. The fraction of sp³-hybridized carbons (Fsp3) is 0.500. The van der Waals surface area contributed by atoms with Gasteiger partial charge in [-0.1, -0.05) is 18.2 Å². The van der Waals surface area contributed by atoms with Crippen molar-refractivity contribution in [3.63, 3.8) is 0 Å². The maximum atomic E-state index is 12.3. The molecule has 0 aliphatic heterocycles. The summed E-state index contributed by atoms with van der Waals surface area (Å²) in [7, 11) is 3.13. The van der Waals surface area contributed by atoms with Gasteiger partial charge in [0.15, 0.2) is 0 Å². The van der Waals surface area contributed by atoms with Gasteiger partial charge in [-0.25, -0.2) is 0 Å². The van der Waals surface area contributed by atoms with Gasteiger partial charge in [0, 0.05) is 19.1 Å². The first-order chi connectivity index (χ1) is 11.3. The number of carbonyl (C=O) groups excluding carboxylic acids is 1. The molecule has 0 aliphatic rings. The van der Waals surface area contributed by atoms with E-state index in [9.17, 15) is 4.79 Å². The minimum absolute atomic E-state index is 0.190. The summed E-state index contributed by atoms with van der Waals surface area (Å²) in [6.07, 6.45) is 1.14. The van der Waals surface area contributed by atoms with Crippen molar-refractivity contribution in [2.24, 2.45) is 11.1 Å². The zero-order valence-corrected chi connectivity index (χ0v) is 15.7. The van der Waals surface area contributed by atoms with E-state index >= 15 is 0 Å². The summed E-state index contributed by atoms with van der Waals surface area (Å²) in [5.41, 5.74) is 8.49. The van der Waals surface area contributed by atoms with Gasteiger partial charge in [0.1, 0.15) is 0 Å². The molecule has 1 unspecified atom stereocenters. The van der Waals surface area contributed by atoms with Crippen molar-refractivity contribution in [1.82, 2.24) is 5.32 Å². The number of rotatable bonds is 8. The average molecular weight is 355 g/mol. The molecule has 0 aromatic heterocycles. The van der Waals surface area contributed by atoms with Gasteiger partial charge in [0.05, 0.1) is 30.9 Å². The third-order valence-electron chi connectivity index (χ3n) is 3.93. The van der Waals surface area contributed by atoms with E-state index in [0.717, 1.165) is 16.7 Å². The van der Waals surface area contributed by atoms with E-state index in [1.54, 1.807) is 27.1 Å². The molecule has 1 rings (SSSR count). The van der Waals surface area contributed by atoms with Gasteiger partial charge >= 0.3 is 5.97 Å². The Hall–Kier alpha value is -1.72. The first kappa shape index (κ1) is 20.3. The van der Waals surface area contributed by atoms with Crippen LogP contribution in [0.4, 0.5) is 0 Å². The molecule has 5 nitrogen and oxygen atoms in total. The molecule has 1 aromatic rings. The first-order valence-corrected chi connectivity index (χ1v) is 8.28. The molecule has 3 N–H and O–H groups in total. The van der Waals surface area contributed by atoms with Crippen molar-refractivity contribution < 1.29 is 14.3 Å². The number of ether oxygens (including phenoxy) is 2. The Labute approximate surface area is 149 Å². The number of nitrogens with two attached hydrogens (primary N) is 1. The quantitative estimate of drug-likeness (QED) is 0.554. The lowest BCUT2D eigenvalue weighted by Crippen LogP contribution is -2.35. The van der Waals surface area contributed by atoms with Crippen LogP contribution in [0.25, 0.3) is 0 Å². The highest BCUT2D eigenvalue weighted by atomic mass is 35.5. The van der Waals surface area contributed by atoms with Crippen molar-refractivity contribution in [2.75, 3.05) is 20.8 Å². The van der Waals surface area contributed by atoms with Crippen molar-refractivity contribution in [3.05, 3.63) is 46.8 Å². The van der Waals surface area contributed by atoms with E-state index in [2.05, 4.69) is 5.32 Å². The molecule has 0 radical (unpaired) electrons. The summed E-state index contributed by atoms with van der Waals surface area (Å²) in [5, 5.41) is 2.85. The molecule has 0 saturated carbocycles. The fourth-order valence-corrected chi connectivity index (χ4v) is 2.78. The molecule has 1 aromatic carbocycles. The number of alkyl halides is 1. The Morgan fingerprint density at radius 2 is 2.12 bits per heavy atom. The molecule has 0 spiro atoms. The Kier molecular flexibility index (Phi) is 7.58. The highest BCUT2D eigenvalue weighted by Crippen LogP contribution is 2.38. The van der Waals surface area contributed by atoms with Crippen molar-refractivity contribution in [1.29, 1.82) is 0 Å². The number of hydrogen-bond acceptors (Lipinski definition) is 5. The Morgan fingerprint density at radius 3 is 2.67 bits per heavy atom. The predicted molar refractivity (Wildman–Crippen MR) is 96.6 cm³/mol. The number of aryl methyl sites for hydroxylation is 1. The lowest BCUT2D eigenvalue weighted by Gasteiger charge is -2.32. The monoisotopic (exact) mass is 354 g/mol. The van der Waals surface area contributed by atoms with Crippen LogP contribution in [-0.4, -0.2) is 26.7 Å². The molecular formula is C18H27ClN2O3. The molecule has 1 atom stereocenters. The van der Waals surface area contributed by atoms with Gasteiger partial charge in [-0.15, -0.1) is 11.6 Å². The van der Waals surface area contributed by atoms with Crippen molar-refractivity contribution in [3.8, 4) is 0 Å². The van der Waals surface area contributed by atoms with Crippen LogP contribution >= 0.6 is 11.6 Å². The topological polar surface area (TPSA) is 73.6 Å². The maximum absolute atomic E-state index is 12.3. The molecule has 24 heavy (non-hydrogen) atoms. The molecule has 6 heteroatoms. The molecule has 0 aliphatic carbocycles. The van der Waals surface area contributed by atoms with E-state index < -0.39 is 11.5 Å². The van der Waals surface area contributed by atoms with Gasteiger partial charge in [-0.05, 0) is 37.5 Å². The van der Waals surface area contributed by atoms with Crippen LogP contribution in [0.1, 0.15) is 36.6 Å². The second-order valence-electron chi connectivity index (χ2n) is 6.23. The highest BCUT2D eigenvalue weighted by Gasteiger charge is 2.40. The molecule has 0 fully saturated rings. The van der Waals surface area contributed by atoms with Crippen LogP contribution in [0, 0.1) is 12.3 Å². The molecule has 0 amide bonds. The minimum Gasteiger partial charge on any atom is -0.469 e. The third-order valence-corrected chi connectivity index (χ3v) is 4.22. The zero-order chi connectivity index (χ0) is 18.3. The predicted octanol–water partition coefficient (Wildman–Crippen LogP) is 3.01. The van der Waals surface area contributed by atoms with Crippen LogP contribution in [0.2, 0.25) is 0 Å². The first-order valence-electron chi connectivity index (χ1n) is 7.75. The minimum atomic E-state index is -0.881. The van der Waals surface area contributed by atoms with Gasteiger partial charge in [-0.3, -0.25) is 4.79 Å². The summed E-state index contributed by atoms with van der Waals surface area (Å²) in [6, 6.07) is 5.89. The maximum Gasteiger partial charge on any atom is 0.314 e. The van der Waals surface area contributed by atoms with Crippen LogP contribution in [0.15, 0.2) is 30.1 Å². The van der Waals surface area contributed by atoms with E-state index in [1.807, 2.05) is 25.1 Å². The summed E-state index contributed by atoms with van der Waals surface area (Å²) in [5.74, 6) is 0.0454. The second kappa shape index (κ2) is 8.94. The summed E-state index contributed by atoms with van der Waals surface area (Å²) < 4.78 is 10.9. The number of methoxy groups -OCH3 is 1. The standard InChI is InChI=1S/C18H27ClN2O3/c1-12-6-7-13(8-14(12)9-19)16(18(2,3)17(22)23-5)24-11-15(20)10-21-4/h6-8,10,16,21H,9,11,20H2,1-5H3/b15-10-. The number of benzene rings is 1. The molecule has 0 bridgehead atoms. The Bertz CT molecular complexity index is 600. The van der Waals surface area contributed by atoms with Gasteiger partial charge in [0.25, 0.3) is 0 Å².